The van der Waals surface area contributed by atoms with Crippen LogP contribution >= 0.6 is 11.6 Å². The second-order valence-corrected chi connectivity index (χ2v) is 7.67. The minimum atomic E-state index is -3.56. The second-order valence-electron chi connectivity index (χ2n) is 5.19. The highest BCUT2D eigenvalue weighted by atomic mass is 35.5. The van der Waals surface area contributed by atoms with E-state index in [-0.39, 0.29) is 18.2 Å². The molecular weight excluding hydrogens is 312 g/mol. The molecule has 0 aliphatic carbocycles. The predicted molar refractivity (Wildman–Crippen MR) is 82.5 cm³/mol. The Bertz CT molecular complexity index is 612. The lowest BCUT2D eigenvalue weighted by atomic mass is 10.2. The highest BCUT2D eigenvalue weighted by Gasteiger charge is 2.25. The van der Waals surface area contributed by atoms with Crippen LogP contribution in [0.4, 0.5) is 0 Å². The Balaban J connectivity index is 2.01. The number of amides is 1. The fourth-order valence-electron chi connectivity index (χ4n) is 2.28. The molecule has 0 atom stereocenters. The zero-order valence-corrected chi connectivity index (χ0v) is 13.5. The van der Waals surface area contributed by atoms with Crippen molar-refractivity contribution in [2.75, 3.05) is 26.7 Å². The van der Waals surface area contributed by atoms with E-state index in [0.717, 1.165) is 30.2 Å². The number of carbonyl (C=O) groups excluding carboxylic acids is 1. The molecule has 1 aromatic rings. The van der Waals surface area contributed by atoms with E-state index in [4.69, 9.17) is 11.6 Å². The first-order valence-electron chi connectivity index (χ1n) is 6.85. The third kappa shape index (κ3) is 4.18. The number of hydrogen-bond acceptors (Lipinski definition) is 3. The molecule has 116 valence electrons. The molecule has 21 heavy (non-hydrogen) atoms. The largest absolute Gasteiger partial charge is 0.342 e. The van der Waals surface area contributed by atoms with Crippen LogP contribution in [-0.2, 0) is 20.6 Å². The second kappa shape index (κ2) is 6.77. The maximum absolute atomic E-state index is 12.3. The Morgan fingerprint density at radius 1 is 1.29 bits per heavy atom. The van der Waals surface area contributed by atoms with Crippen molar-refractivity contribution in [1.29, 1.82) is 0 Å². The number of carbonyl (C=O) groups is 1. The lowest BCUT2D eigenvalue weighted by Crippen LogP contribution is -2.40. The van der Waals surface area contributed by atoms with Gasteiger partial charge in [0.2, 0.25) is 15.9 Å². The normalized spacial score (nSPS) is 15.7. The minimum absolute atomic E-state index is 0.118. The summed E-state index contributed by atoms with van der Waals surface area (Å²) in [5.41, 5.74) is 0.541. The molecule has 1 saturated heterocycles. The van der Waals surface area contributed by atoms with Crippen LogP contribution in [0.25, 0.3) is 0 Å². The van der Waals surface area contributed by atoms with Gasteiger partial charge in [0, 0.05) is 25.2 Å². The number of halogens is 1. The molecule has 5 nitrogen and oxygen atoms in total. The van der Waals surface area contributed by atoms with Crippen LogP contribution in [0.5, 0.6) is 0 Å². The number of likely N-dealkylation sites (tertiary alicyclic amines) is 1. The number of sulfonamides is 1. The van der Waals surface area contributed by atoms with Crippen LogP contribution in [0.2, 0.25) is 5.02 Å². The maximum atomic E-state index is 12.3. The SMILES string of the molecule is CN(CC(=O)N1CCCC1)S(=O)(=O)Cc1ccccc1Cl. The molecule has 1 aromatic carbocycles. The van der Waals surface area contributed by atoms with E-state index in [9.17, 15) is 13.2 Å². The summed E-state index contributed by atoms with van der Waals surface area (Å²) >= 11 is 5.99. The van der Waals surface area contributed by atoms with Gasteiger partial charge < -0.3 is 4.90 Å². The quantitative estimate of drug-likeness (QED) is 0.826. The predicted octanol–water partition coefficient (Wildman–Crippen LogP) is 1.72. The third-order valence-electron chi connectivity index (χ3n) is 3.59. The van der Waals surface area contributed by atoms with Crippen molar-refractivity contribution in [2.45, 2.75) is 18.6 Å². The van der Waals surface area contributed by atoms with Gasteiger partial charge >= 0.3 is 0 Å². The molecule has 0 spiro atoms. The Morgan fingerprint density at radius 2 is 1.90 bits per heavy atom. The topological polar surface area (TPSA) is 57.7 Å². The zero-order chi connectivity index (χ0) is 15.5. The summed E-state index contributed by atoms with van der Waals surface area (Å²) in [4.78, 5) is 13.7. The molecular formula is C14H19ClN2O3S. The van der Waals surface area contributed by atoms with Gasteiger partial charge in [0.25, 0.3) is 0 Å². The third-order valence-corrected chi connectivity index (χ3v) is 5.71. The molecule has 1 aliphatic heterocycles. The van der Waals surface area contributed by atoms with Gasteiger partial charge in [-0.25, -0.2) is 8.42 Å². The Hall–Kier alpha value is -1.11. The van der Waals surface area contributed by atoms with Crippen molar-refractivity contribution >= 4 is 27.5 Å². The average molecular weight is 331 g/mol. The first kappa shape index (κ1) is 16.3. The van der Waals surface area contributed by atoms with Gasteiger partial charge in [-0.15, -0.1) is 0 Å². The van der Waals surface area contributed by atoms with Gasteiger partial charge in [-0.2, -0.15) is 4.31 Å². The summed E-state index contributed by atoms with van der Waals surface area (Å²) in [6, 6.07) is 6.82. The fraction of sp³-hybridized carbons (Fsp3) is 0.500. The number of likely N-dealkylation sites (N-methyl/N-ethyl adjacent to an activating group) is 1. The lowest BCUT2D eigenvalue weighted by Gasteiger charge is -2.21. The monoisotopic (exact) mass is 330 g/mol. The van der Waals surface area contributed by atoms with E-state index in [1.807, 2.05) is 0 Å². The molecule has 1 fully saturated rings. The first-order valence-corrected chi connectivity index (χ1v) is 8.84. The van der Waals surface area contributed by atoms with E-state index < -0.39 is 10.0 Å². The van der Waals surface area contributed by atoms with Crippen LogP contribution in [0.15, 0.2) is 24.3 Å². The van der Waals surface area contributed by atoms with Crippen LogP contribution < -0.4 is 0 Å². The molecule has 1 aliphatic rings. The van der Waals surface area contributed by atoms with Crippen LogP contribution in [0, 0.1) is 0 Å². The van der Waals surface area contributed by atoms with Gasteiger partial charge in [-0.3, -0.25) is 4.79 Å². The van der Waals surface area contributed by atoms with Gasteiger partial charge in [0.05, 0.1) is 12.3 Å². The smallest absolute Gasteiger partial charge is 0.237 e. The molecule has 0 unspecified atom stereocenters. The van der Waals surface area contributed by atoms with E-state index in [2.05, 4.69) is 0 Å². The van der Waals surface area contributed by atoms with Crippen LogP contribution in [-0.4, -0.2) is 50.2 Å². The average Bonchev–Trinajstić information content (AvgIpc) is 2.95. The molecule has 0 saturated carbocycles. The molecule has 1 heterocycles. The van der Waals surface area contributed by atoms with Crippen molar-refractivity contribution in [3.05, 3.63) is 34.9 Å². The maximum Gasteiger partial charge on any atom is 0.237 e. The van der Waals surface area contributed by atoms with E-state index >= 15 is 0 Å². The standard InChI is InChI=1S/C14H19ClN2O3S/c1-16(10-14(18)17-8-4-5-9-17)21(19,20)11-12-6-2-3-7-13(12)15/h2-3,6-7H,4-5,8-11H2,1H3. The fourth-order valence-corrected chi connectivity index (χ4v) is 3.73. The summed E-state index contributed by atoms with van der Waals surface area (Å²) in [6.07, 6.45) is 1.98. The highest BCUT2D eigenvalue weighted by molar-refractivity contribution is 7.88. The first-order chi connectivity index (χ1) is 9.90. The Labute approximate surface area is 130 Å². The summed E-state index contributed by atoms with van der Waals surface area (Å²) in [7, 11) is -2.13. The van der Waals surface area contributed by atoms with Crippen molar-refractivity contribution in [2.24, 2.45) is 0 Å². The highest BCUT2D eigenvalue weighted by Crippen LogP contribution is 2.19. The number of hydrogen-bond donors (Lipinski definition) is 0. The number of benzene rings is 1. The van der Waals surface area contributed by atoms with Crippen molar-refractivity contribution in [3.63, 3.8) is 0 Å². The Morgan fingerprint density at radius 3 is 2.52 bits per heavy atom. The lowest BCUT2D eigenvalue weighted by molar-refractivity contribution is -0.130. The molecule has 0 radical (unpaired) electrons. The van der Waals surface area contributed by atoms with Crippen molar-refractivity contribution in [1.82, 2.24) is 9.21 Å². The Kier molecular flexibility index (Phi) is 5.24. The summed E-state index contributed by atoms with van der Waals surface area (Å²) < 4.78 is 25.7. The van der Waals surface area contributed by atoms with E-state index in [1.165, 1.54) is 7.05 Å². The van der Waals surface area contributed by atoms with E-state index in [1.54, 1.807) is 29.2 Å². The van der Waals surface area contributed by atoms with E-state index in [0.29, 0.717) is 10.6 Å². The van der Waals surface area contributed by atoms with Gasteiger partial charge in [0.15, 0.2) is 0 Å². The summed E-state index contributed by atoms with van der Waals surface area (Å²) in [6.45, 7) is 1.32. The van der Waals surface area contributed by atoms with Gasteiger partial charge in [-0.1, -0.05) is 29.8 Å². The van der Waals surface area contributed by atoms with Crippen molar-refractivity contribution in [3.8, 4) is 0 Å². The molecule has 0 N–H and O–H groups in total. The number of rotatable bonds is 5. The summed E-state index contributed by atoms with van der Waals surface area (Å²) in [5, 5.41) is 0.417. The van der Waals surface area contributed by atoms with Crippen molar-refractivity contribution < 1.29 is 13.2 Å². The molecule has 2 rings (SSSR count). The van der Waals surface area contributed by atoms with Crippen LogP contribution in [0.3, 0.4) is 0 Å². The van der Waals surface area contributed by atoms with Crippen LogP contribution in [0.1, 0.15) is 18.4 Å². The number of nitrogens with zero attached hydrogens (tertiary/aromatic N) is 2. The van der Waals surface area contributed by atoms with Gasteiger partial charge in [0.1, 0.15) is 0 Å². The molecule has 0 bridgehead atoms. The molecule has 7 heteroatoms. The summed E-state index contributed by atoms with van der Waals surface area (Å²) in [5.74, 6) is -0.339. The molecule has 1 amide bonds. The zero-order valence-electron chi connectivity index (χ0n) is 12.0. The van der Waals surface area contributed by atoms with Gasteiger partial charge in [-0.05, 0) is 24.5 Å². The minimum Gasteiger partial charge on any atom is -0.342 e. The molecule has 0 aromatic heterocycles.